The van der Waals surface area contributed by atoms with Crippen LogP contribution in [-0.2, 0) is 16.0 Å². The maximum absolute atomic E-state index is 11.3. The number of esters is 1. The lowest BCUT2D eigenvalue weighted by Crippen LogP contribution is -2.09. The Kier molecular flexibility index (Phi) is 4.62. The van der Waals surface area contributed by atoms with Gasteiger partial charge >= 0.3 is 5.97 Å². The quantitative estimate of drug-likeness (QED) is 0.791. The van der Waals surface area contributed by atoms with Crippen molar-refractivity contribution in [1.82, 2.24) is 0 Å². The van der Waals surface area contributed by atoms with Crippen LogP contribution < -0.4 is 4.74 Å². The Bertz CT molecular complexity index is 350. The van der Waals surface area contributed by atoms with Crippen LogP contribution in [0.15, 0.2) is 22.7 Å². The number of halogens is 1. The van der Waals surface area contributed by atoms with Crippen LogP contribution in [0.25, 0.3) is 0 Å². The predicted molar refractivity (Wildman–Crippen MR) is 61.0 cm³/mol. The number of carbonyl (C=O) groups is 1. The summed E-state index contributed by atoms with van der Waals surface area (Å²) in [4.78, 5) is 11.3. The number of methoxy groups -OCH3 is 1. The fourth-order valence-corrected chi connectivity index (χ4v) is 1.75. The molecule has 0 radical (unpaired) electrons. The van der Waals surface area contributed by atoms with Gasteiger partial charge in [0.2, 0.25) is 0 Å². The van der Waals surface area contributed by atoms with E-state index in [4.69, 9.17) is 9.47 Å². The Labute approximate surface area is 97.5 Å². The van der Waals surface area contributed by atoms with Crippen LogP contribution >= 0.6 is 15.9 Å². The van der Waals surface area contributed by atoms with E-state index in [9.17, 15) is 4.79 Å². The van der Waals surface area contributed by atoms with E-state index in [0.29, 0.717) is 12.4 Å². The minimum Gasteiger partial charge on any atom is -0.496 e. The van der Waals surface area contributed by atoms with Crippen LogP contribution in [0.1, 0.15) is 12.5 Å². The average molecular weight is 273 g/mol. The van der Waals surface area contributed by atoms with E-state index in [-0.39, 0.29) is 12.4 Å². The van der Waals surface area contributed by atoms with E-state index >= 15 is 0 Å². The van der Waals surface area contributed by atoms with Crippen molar-refractivity contribution >= 4 is 21.9 Å². The zero-order valence-corrected chi connectivity index (χ0v) is 10.3. The lowest BCUT2D eigenvalue weighted by Gasteiger charge is -2.09. The van der Waals surface area contributed by atoms with E-state index in [0.717, 1.165) is 10.0 Å². The van der Waals surface area contributed by atoms with Gasteiger partial charge in [-0.05, 0) is 19.1 Å². The second-order valence-corrected chi connectivity index (χ2v) is 3.76. The first-order valence-electron chi connectivity index (χ1n) is 4.66. The molecule has 0 aliphatic heterocycles. The van der Waals surface area contributed by atoms with E-state index in [1.54, 1.807) is 14.0 Å². The van der Waals surface area contributed by atoms with Crippen molar-refractivity contribution in [2.24, 2.45) is 0 Å². The van der Waals surface area contributed by atoms with E-state index in [2.05, 4.69) is 15.9 Å². The van der Waals surface area contributed by atoms with Crippen molar-refractivity contribution < 1.29 is 14.3 Å². The monoisotopic (exact) mass is 272 g/mol. The van der Waals surface area contributed by atoms with Crippen LogP contribution in [0.5, 0.6) is 5.75 Å². The highest BCUT2D eigenvalue weighted by Gasteiger charge is 2.12. The number of hydrogen-bond donors (Lipinski definition) is 0. The second-order valence-electron chi connectivity index (χ2n) is 2.90. The second kappa shape index (κ2) is 5.75. The summed E-state index contributed by atoms with van der Waals surface area (Å²) in [5.74, 6) is 0.445. The summed E-state index contributed by atoms with van der Waals surface area (Å²) in [7, 11) is 1.58. The molecule has 0 bridgehead atoms. The maximum atomic E-state index is 11.3. The SMILES string of the molecule is CCOC(=O)Cc1c(Br)cccc1OC. The van der Waals surface area contributed by atoms with Crippen LogP contribution in [-0.4, -0.2) is 19.7 Å². The molecule has 1 aromatic rings. The van der Waals surface area contributed by atoms with Gasteiger partial charge in [-0.15, -0.1) is 0 Å². The molecule has 4 heteroatoms. The normalized spacial score (nSPS) is 9.80. The first-order chi connectivity index (χ1) is 7.19. The molecule has 0 atom stereocenters. The van der Waals surface area contributed by atoms with Gasteiger partial charge in [0.05, 0.1) is 20.1 Å². The van der Waals surface area contributed by atoms with Crippen molar-refractivity contribution in [1.29, 1.82) is 0 Å². The van der Waals surface area contributed by atoms with Crippen LogP contribution in [0.2, 0.25) is 0 Å². The van der Waals surface area contributed by atoms with Crippen molar-refractivity contribution in [2.75, 3.05) is 13.7 Å². The number of carbonyl (C=O) groups excluding carboxylic acids is 1. The standard InChI is InChI=1S/C11H13BrO3/c1-3-15-11(13)7-8-9(12)5-4-6-10(8)14-2/h4-6H,3,7H2,1-2H3. The molecule has 15 heavy (non-hydrogen) atoms. The summed E-state index contributed by atoms with van der Waals surface area (Å²) >= 11 is 3.38. The Balaban J connectivity index is 2.87. The fourth-order valence-electron chi connectivity index (χ4n) is 1.26. The summed E-state index contributed by atoms with van der Waals surface area (Å²) in [6.45, 7) is 2.18. The highest BCUT2D eigenvalue weighted by Crippen LogP contribution is 2.27. The minimum atomic E-state index is -0.247. The van der Waals surface area contributed by atoms with Gasteiger partial charge in [-0.3, -0.25) is 4.79 Å². The molecule has 0 aromatic heterocycles. The molecule has 1 rings (SSSR count). The van der Waals surface area contributed by atoms with Crippen molar-refractivity contribution in [2.45, 2.75) is 13.3 Å². The highest BCUT2D eigenvalue weighted by atomic mass is 79.9. The van der Waals surface area contributed by atoms with E-state index in [1.807, 2.05) is 18.2 Å². The Morgan fingerprint density at radius 3 is 2.80 bits per heavy atom. The molecule has 0 heterocycles. The number of rotatable bonds is 4. The van der Waals surface area contributed by atoms with Gasteiger partial charge in [0.1, 0.15) is 5.75 Å². The van der Waals surface area contributed by atoms with Gasteiger partial charge in [-0.25, -0.2) is 0 Å². The Hall–Kier alpha value is -1.03. The van der Waals surface area contributed by atoms with Crippen LogP contribution in [0, 0.1) is 0 Å². The van der Waals surface area contributed by atoms with Crippen molar-refractivity contribution in [3.05, 3.63) is 28.2 Å². The first kappa shape index (κ1) is 12.0. The molecule has 3 nitrogen and oxygen atoms in total. The molecule has 0 unspecified atom stereocenters. The largest absolute Gasteiger partial charge is 0.496 e. The van der Waals surface area contributed by atoms with Crippen molar-refractivity contribution in [3.8, 4) is 5.75 Å². The van der Waals surface area contributed by atoms with Gasteiger partial charge in [0.25, 0.3) is 0 Å². The fraction of sp³-hybridized carbons (Fsp3) is 0.364. The summed E-state index contributed by atoms with van der Waals surface area (Å²) < 4.78 is 10.9. The van der Waals surface area contributed by atoms with Crippen LogP contribution in [0.3, 0.4) is 0 Å². The maximum Gasteiger partial charge on any atom is 0.310 e. The van der Waals surface area contributed by atoms with Gasteiger partial charge in [-0.1, -0.05) is 22.0 Å². The lowest BCUT2D eigenvalue weighted by molar-refractivity contribution is -0.142. The van der Waals surface area contributed by atoms with Gasteiger partial charge in [0, 0.05) is 10.0 Å². The molecule has 0 N–H and O–H groups in total. The topological polar surface area (TPSA) is 35.5 Å². The summed E-state index contributed by atoms with van der Waals surface area (Å²) in [6, 6.07) is 5.55. The minimum absolute atomic E-state index is 0.221. The number of hydrogen-bond acceptors (Lipinski definition) is 3. The third-order valence-corrected chi connectivity index (χ3v) is 2.67. The van der Waals surface area contributed by atoms with Gasteiger partial charge < -0.3 is 9.47 Å². The third-order valence-electron chi connectivity index (χ3n) is 1.92. The molecule has 0 saturated heterocycles. The third kappa shape index (κ3) is 3.23. The molecule has 1 aromatic carbocycles. The Morgan fingerprint density at radius 2 is 2.20 bits per heavy atom. The molecule has 0 saturated carbocycles. The summed E-state index contributed by atoms with van der Waals surface area (Å²) in [5, 5.41) is 0. The summed E-state index contributed by atoms with van der Waals surface area (Å²) in [5.41, 5.74) is 0.818. The Morgan fingerprint density at radius 1 is 1.47 bits per heavy atom. The zero-order valence-electron chi connectivity index (χ0n) is 8.75. The average Bonchev–Trinajstić information content (AvgIpc) is 2.21. The lowest BCUT2D eigenvalue weighted by atomic mass is 10.1. The van der Waals surface area contributed by atoms with Gasteiger partial charge in [0.15, 0.2) is 0 Å². The molecular weight excluding hydrogens is 260 g/mol. The molecular formula is C11H13BrO3. The zero-order chi connectivity index (χ0) is 11.3. The molecule has 0 aliphatic carbocycles. The smallest absolute Gasteiger partial charge is 0.310 e. The molecule has 0 spiro atoms. The summed E-state index contributed by atoms with van der Waals surface area (Å²) in [6.07, 6.45) is 0.221. The molecule has 0 aliphatic rings. The van der Waals surface area contributed by atoms with E-state index in [1.165, 1.54) is 0 Å². The van der Waals surface area contributed by atoms with Crippen LogP contribution in [0.4, 0.5) is 0 Å². The van der Waals surface area contributed by atoms with E-state index < -0.39 is 0 Å². The molecule has 0 amide bonds. The predicted octanol–water partition coefficient (Wildman–Crippen LogP) is 2.56. The number of ether oxygens (including phenoxy) is 2. The molecule has 82 valence electrons. The molecule has 0 fully saturated rings. The number of benzene rings is 1. The van der Waals surface area contributed by atoms with Crippen molar-refractivity contribution in [3.63, 3.8) is 0 Å². The highest BCUT2D eigenvalue weighted by molar-refractivity contribution is 9.10. The first-order valence-corrected chi connectivity index (χ1v) is 5.45. The van der Waals surface area contributed by atoms with Gasteiger partial charge in [-0.2, -0.15) is 0 Å².